The van der Waals surface area contributed by atoms with Crippen molar-refractivity contribution in [3.05, 3.63) is 0 Å². The predicted octanol–water partition coefficient (Wildman–Crippen LogP) is 0.370. The first-order valence-electron chi connectivity index (χ1n) is 3.93. The predicted molar refractivity (Wildman–Crippen MR) is 45.1 cm³/mol. The molecule has 0 aliphatic carbocycles. The van der Waals surface area contributed by atoms with E-state index in [1.54, 1.807) is 0 Å². The van der Waals surface area contributed by atoms with Gasteiger partial charge < -0.3 is 10.4 Å². The molecular weight excluding hydrogens is 138 g/mol. The van der Waals surface area contributed by atoms with Gasteiger partial charge in [0.1, 0.15) is 5.60 Å². The Morgan fingerprint density at radius 2 is 2.18 bits per heavy atom. The van der Waals surface area contributed by atoms with Gasteiger partial charge in [-0.25, -0.2) is 0 Å². The topological polar surface area (TPSA) is 32.3 Å². The Hall–Kier alpha value is -0.520. The summed E-state index contributed by atoms with van der Waals surface area (Å²) in [5, 5.41) is 13.1. The van der Waals surface area contributed by atoms with Crippen LogP contribution in [0.1, 0.15) is 20.3 Å². The highest BCUT2D eigenvalue weighted by Crippen LogP contribution is 2.34. The highest BCUT2D eigenvalue weighted by atomic mass is 16.3. The summed E-state index contributed by atoms with van der Waals surface area (Å²) in [6, 6.07) is 0. The molecule has 2 heteroatoms. The summed E-state index contributed by atoms with van der Waals surface area (Å²) in [5.41, 5.74) is -1.13. The van der Waals surface area contributed by atoms with E-state index in [1.807, 2.05) is 13.8 Å². The molecule has 0 saturated carbocycles. The van der Waals surface area contributed by atoms with E-state index in [0.29, 0.717) is 6.42 Å². The largest absolute Gasteiger partial charge is 0.377 e. The zero-order chi connectivity index (χ0) is 8.54. The first-order chi connectivity index (χ1) is 5.02. The van der Waals surface area contributed by atoms with Gasteiger partial charge in [0.2, 0.25) is 0 Å². The molecule has 62 valence electrons. The van der Waals surface area contributed by atoms with Crippen LogP contribution in [-0.2, 0) is 0 Å². The lowest BCUT2D eigenvalue weighted by Crippen LogP contribution is -2.55. The average molecular weight is 153 g/mol. The van der Waals surface area contributed by atoms with E-state index in [4.69, 9.17) is 6.42 Å². The van der Waals surface area contributed by atoms with Crippen molar-refractivity contribution < 1.29 is 5.11 Å². The highest BCUT2D eigenvalue weighted by molar-refractivity contribution is 5.16. The number of hydrogen-bond acceptors (Lipinski definition) is 2. The van der Waals surface area contributed by atoms with Gasteiger partial charge in [0.15, 0.2) is 0 Å². The minimum absolute atomic E-state index is 0.208. The van der Waals surface area contributed by atoms with Gasteiger partial charge >= 0.3 is 0 Å². The smallest absolute Gasteiger partial charge is 0.132 e. The number of piperidine rings is 1. The molecule has 1 rings (SSSR count). The fourth-order valence-corrected chi connectivity index (χ4v) is 1.42. The summed E-state index contributed by atoms with van der Waals surface area (Å²) < 4.78 is 0. The maximum absolute atomic E-state index is 9.93. The van der Waals surface area contributed by atoms with Crippen LogP contribution in [-0.4, -0.2) is 23.8 Å². The maximum Gasteiger partial charge on any atom is 0.132 e. The lowest BCUT2D eigenvalue weighted by molar-refractivity contribution is -0.0381. The van der Waals surface area contributed by atoms with Crippen LogP contribution in [0.4, 0.5) is 0 Å². The normalized spacial score (nSPS) is 36.2. The summed E-state index contributed by atoms with van der Waals surface area (Å²) in [6.45, 7) is 5.57. The molecule has 0 amide bonds. The Morgan fingerprint density at radius 3 is 2.55 bits per heavy atom. The Balaban J connectivity index is 2.85. The molecular formula is C9H15NO. The van der Waals surface area contributed by atoms with Crippen LogP contribution in [0.5, 0.6) is 0 Å². The van der Waals surface area contributed by atoms with Crippen LogP contribution in [0.2, 0.25) is 0 Å². The van der Waals surface area contributed by atoms with Gasteiger partial charge in [0, 0.05) is 18.4 Å². The van der Waals surface area contributed by atoms with Gasteiger partial charge in [-0.1, -0.05) is 19.8 Å². The van der Waals surface area contributed by atoms with Crippen LogP contribution >= 0.6 is 0 Å². The Labute approximate surface area is 68.0 Å². The number of terminal acetylenes is 1. The Kier molecular flexibility index (Phi) is 1.96. The molecule has 1 fully saturated rings. The SMILES string of the molecule is C#CC1(O)CCNCC1(C)C. The maximum atomic E-state index is 9.93. The van der Waals surface area contributed by atoms with Gasteiger partial charge in [-0.3, -0.25) is 0 Å². The monoisotopic (exact) mass is 153 g/mol. The van der Waals surface area contributed by atoms with Crippen LogP contribution in [0.3, 0.4) is 0 Å². The van der Waals surface area contributed by atoms with Crippen LogP contribution in [0, 0.1) is 17.8 Å². The minimum Gasteiger partial charge on any atom is -0.377 e. The molecule has 0 aromatic carbocycles. The molecule has 2 nitrogen and oxygen atoms in total. The van der Waals surface area contributed by atoms with Crippen molar-refractivity contribution in [1.82, 2.24) is 5.32 Å². The fraction of sp³-hybridized carbons (Fsp3) is 0.778. The van der Waals surface area contributed by atoms with E-state index in [-0.39, 0.29) is 5.41 Å². The van der Waals surface area contributed by atoms with E-state index in [2.05, 4.69) is 11.2 Å². The van der Waals surface area contributed by atoms with Crippen LogP contribution in [0.15, 0.2) is 0 Å². The number of rotatable bonds is 0. The molecule has 0 radical (unpaired) electrons. The number of aliphatic hydroxyl groups is 1. The van der Waals surface area contributed by atoms with Crippen molar-refractivity contribution >= 4 is 0 Å². The third-order valence-electron chi connectivity index (χ3n) is 2.59. The Morgan fingerprint density at radius 1 is 1.55 bits per heavy atom. The minimum atomic E-state index is -0.918. The molecule has 1 saturated heterocycles. The molecule has 0 aromatic heterocycles. The third-order valence-corrected chi connectivity index (χ3v) is 2.59. The van der Waals surface area contributed by atoms with Gasteiger partial charge in [-0.05, 0) is 6.54 Å². The molecule has 1 unspecified atom stereocenters. The number of hydrogen-bond donors (Lipinski definition) is 2. The zero-order valence-corrected chi connectivity index (χ0v) is 7.15. The molecule has 1 heterocycles. The van der Waals surface area contributed by atoms with Crippen LogP contribution in [0.25, 0.3) is 0 Å². The molecule has 11 heavy (non-hydrogen) atoms. The number of nitrogens with one attached hydrogen (secondary N) is 1. The quantitative estimate of drug-likeness (QED) is 0.493. The van der Waals surface area contributed by atoms with Gasteiger partial charge in [-0.2, -0.15) is 0 Å². The van der Waals surface area contributed by atoms with Crippen molar-refractivity contribution in [2.75, 3.05) is 13.1 Å². The second-order valence-electron chi connectivity index (χ2n) is 3.82. The second kappa shape index (κ2) is 2.51. The lowest BCUT2D eigenvalue weighted by atomic mass is 9.71. The standard InChI is InChI=1S/C9H15NO/c1-4-9(11)5-6-10-7-8(9,2)3/h1,10-11H,5-7H2,2-3H3. The summed E-state index contributed by atoms with van der Waals surface area (Å²) in [7, 11) is 0. The van der Waals surface area contributed by atoms with Gasteiger partial charge in [-0.15, -0.1) is 6.42 Å². The highest BCUT2D eigenvalue weighted by Gasteiger charge is 2.43. The molecule has 1 aliphatic heterocycles. The van der Waals surface area contributed by atoms with E-state index < -0.39 is 5.60 Å². The van der Waals surface area contributed by atoms with E-state index >= 15 is 0 Å². The van der Waals surface area contributed by atoms with Crippen LogP contribution < -0.4 is 5.32 Å². The summed E-state index contributed by atoms with van der Waals surface area (Å²) in [6.07, 6.45) is 5.93. The molecule has 1 atom stereocenters. The Bertz CT molecular complexity index is 192. The lowest BCUT2D eigenvalue weighted by Gasteiger charge is -2.43. The summed E-state index contributed by atoms with van der Waals surface area (Å²) >= 11 is 0. The first kappa shape index (κ1) is 8.58. The second-order valence-corrected chi connectivity index (χ2v) is 3.82. The van der Waals surface area contributed by atoms with Crippen molar-refractivity contribution in [2.24, 2.45) is 5.41 Å². The van der Waals surface area contributed by atoms with Gasteiger partial charge in [0.05, 0.1) is 0 Å². The average Bonchev–Trinajstić information content (AvgIpc) is 1.95. The van der Waals surface area contributed by atoms with Crippen molar-refractivity contribution in [3.63, 3.8) is 0 Å². The zero-order valence-electron chi connectivity index (χ0n) is 7.15. The molecule has 2 N–H and O–H groups in total. The summed E-state index contributed by atoms with van der Waals surface area (Å²) in [4.78, 5) is 0. The molecule has 1 aliphatic rings. The molecule has 0 aromatic rings. The fourth-order valence-electron chi connectivity index (χ4n) is 1.42. The van der Waals surface area contributed by atoms with E-state index in [9.17, 15) is 5.11 Å². The van der Waals surface area contributed by atoms with E-state index in [0.717, 1.165) is 13.1 Å². The van der Waals surface area contributed by atoms with Crippen molar-refractivity contribution in [3.8, 4) is 12.3 Å². The summed E-state index contributed by atoms with van der Waals surface area (Å²) in [5.74, 6) is 2.49. The third kappa shape index (κ3) is 1.26. The first-order valence-corrected chi connectivity index (χ1v) is 3.93. The molecule has 0 bridgehead atoms. The van der Waals surface area contributed by atoms with E-state index in [1.165, 1.54) is 0 Å². The van der Waals surface area contributed by atoms with Gasteiger partial charge in [0.25, 0.3) is 0 Å². The molecule has 0 spiro atoms. The van der Waals surface area contributed by atoms with Crippen molar-refractivity contribution in [2.45, 2.75) is 25.9 Å². The van der Waals surface area contributed by atoms with Crippen molar-refractivity contribution in [1.29, 1.82) is 0 Å².